The number of nitrogen functional groups attached to an aromatic ring is 1. The Morgan fingerprint density at radius 2 is 1.95 bits per heavy atom. The van der Waals surface area contributed by atoms with E-state index in [2.05, 4.69) is 10.4 Å². The van der Waals surface area contributed by atoms with E-state index in [9.17, 15) is 4.39 Å². The number of hydrogen-bond donors (Lipinski definition) is 2. The Balaban J connectivity index is 0.000000861. The van der Waals surface area contributed by atoms with Crippen LogP contribution in [0.2, 0.25) is 0 Å². The maximum Gasteiger partial charge on any atom is 0.219 e. The number of halogens is 1. The van der Waals surface area contributed by atoms with Gasteiger partial charge in [0.25, 0.3) is 0 Å². The van der Waals surface area contributed by atoms with Crippen LogP contribution in [0, 0.1) is 12.7 Å². The first-order valence-corrected chi connectivity index (χ1v) is 6.06. The summed E-state index contributed by atoms with van der Waals surface area (Å²) in [7, 11) is 0. The molecule has 0 radical (unpaired) electrons. The van der Waals surface area contributed by atoms with Crippen LogP contribution in [0.3, 0.4) is 0 Å². The molecule has 0 amide bonds. The average Bonchev–Trinajstić information content (AvgIpc) is 2.44. The predicted octanol–water partition coefficient (Wildman–Crippen LogP) is 3.63. The second-order valence-electron chi connectivity index (χ2n) is 3.51. The number of aryl methyl sites for hydroxylation is 1. The fraction of sp³-hybridized carbons (Fsp3) is 0.214. The number of hydrogen-bond acceptors (Lipinski definition) is 4. The maximum absolute atomic E-state index is 13.3. The Bertz CT molecular complexity index is 532. The first-order chi connectivity index (χ1) is 9.20. The van der Waals surface area contributed by atoms with Gasteiger partial charge in [-0.25, -0.2) is 9.37 Å². The van der Waals surface area contributed by atoms with Crippen molar-refractivity contribution in [1.29, 1.82) is 0 Å². The van der Waals surface area contributed by atoms with Crippen molar-refractivity contribution in [2.24, 2.45) is 5.84 Å². The van der Waals surface area contributed by atoms with E-state index in [1.807, 2.05) is 20.8 Å². The zero-order valence-corrected chi connectivity index (χ0v) is 11.3. The summed E-state index contributed by atoms with van der Waals surface area (Å²) in [5, 5.41) is 0. The first kappa shape index (κ1) is 14.9. The molecule has 0 saturated heterocycles. The largest absolute Gasteiger partial charge is 0.436 e. The van der Waals surface area contributed by atoms with Crippen LogP contribution >= 0.6 is 0 Å². The van der Waals surface area contributed by atoms with Gasteiger partial charge in [0.05, 0.1) is 11.9 Å². The van der Waals surface area contributed by atoms with E-state index in [-0.39, 0.29) is 5.75 Å². The number of nitrogens with one attached hydrogen (secondary N) is 1. The molecular formula is C14H18FN3O. The highest BCUT2D eigenvalue weighted by Crippen LogP contribution is 2.24. The monoisotopic (exact) mass is 263 g/mol. The average molecular weight is 263 g/mol. The predicted molar refractivity (Wildman–Crippen MR) is 74.6 cm³/mol. The van der Waals surface area contributed by atoms with Crippen LogP contribution in [0.15, 0.2) is 36.5 Å². The van der Waals surface area contributed by atoms with Crippen LogP contribution in [0.5, 0.6) is 11.6 Å². The molecule has 0 saturated carbocycles. The maximum atomic E-state index is 13.3. The summed E-state index contributed by atoms with van der Waals surface area (Å²) in [5.41, 5.74) is 4.07. The highest BCUT2D eigenvalue weighted by molar-refractivity contribution is 5.49. The van der Waals surface area contributed by atoms with Gasteiger partial charge in [-0.2, -0.15) is 0 Å². The Morgan fingerprint density at radius 1 is 1.26 bits per heavy atom. The molecule has 0 unspecified atom stereocenters. The third-order valence-corrected chi connectivity index (χ3v) is 2.29. The molecule has 19 heavy (non-hydrogen) atoms. The van der Waals surface area contributed by atoms with Crippen molar-refractivity contribution in [2.45, 2.75) is 20.8 Å². The summed E-state index contributed by atoms with van der Waals surface area (Å²) >= 11 is 0. The Labute approximate surface area is 112 Å². The smallest absolute Gasteiger partial charge is 0.219 e. The van der Waals surface area contributed by atoms with Crippen molar-refractivity contribution in [3.63, 3.8) is 0 Å². The lowest BCUT2D eigenvalue weighted by Gasteiger charge is -2.08. The second-order valence-corrected chi connectivity index (χ2v) is 3.51. The third kappa shape index (κ3) is 3.93. The lowest BCUT2D eigenvalue weighted by Crippen LogP contribution is -2.08. The summed E-state index contributed by atoms with van der Waals surface area (Å²) in [5.74, 6) is 5.34. The molecule has 1 aromatic heterocycles. The van der Waals surface area contributed by atoms with Gasteiger partial charge in [-0.05, 0) is 24.6 Å². The summed E-state index contributed by atoms with van der Waals surface area (Å²) in [4.78, 5) is 4.02. The number of nitrogens with zero attached hydrogens (tertiary/aromatic N) is 1. The third-order valence-electron chi connectivity index (χ3n) is 2.29. The molecule has 1 heterocycles. The molecule has 0 fully saturated rings. The van der Waals surface area contributed by atoms with E-state index < -0.39 is 5.82 Å². The lowest BCUT2D eigenvalue weighted by molar-refractivity contribution is 0.427. The van der Waals surface area contributed by atoms with E-state index in [1.54, 1.807) is 24.3 Å². The van der Waals surface area contributed by atoms with E-state index in [1.165, 1.54) is 12.3 Å². The number of benzene rings is 1. The minimum atomic E-state index is -0.423. The standard InChI is InChI=1S/C12H12FN3O.C2H6/c1-8-6-12(15-7-10(8)16-14)17-11-5-3-2-4-9(11)13;1-2/h2-7,16H,14H2,1H3;1-2H3. The quantitative estimate of drug-likeness (QED) is 0.655. The van der Waals surface area contributed by atoms with Gasteiger partial charge >= 0.3 is 0 Å². The molecule has 0 bridgehead atoms. The lowest BCUT2D eigenvalue weighted by atomic mass is 10.2. The number of aromatic nitrogens is 1. The van der Waals surface area contributed by atoms with Crippen LogP contribution in [-0.4, -0.2) is 4.98 Å². The van der Waals surface area contributed by atoms with Crippen LogP contribution < -0.4 is 16.0 Å². The van der Waals surface area contributed by atoms with Crippen molar-refractivity contribution >= 4 is 5.69 Å². The number of anilines is 1. The number of hydrazine groups is 1. The van der Waals surface area contributed by atoms with Crippen molar-refractivity contribution in [3.05, 3.63) is 47.9 Å². The van der Waals surface area contributed by atoms with Crippen molar-refractivity contribution in [3.8, 4) is 11.6 Å². The van der Waals surface area contributed by atoms with Crippen molar-refractivity contribution in [2.75, 3.05) is 5.43 Å². The normalized spacial score (nSPS) is 9.32. The molecule has 0 aliphatic heterocycles. The first-order valence-electron chi connectivity index (χ1n) is 6.06. The molecular weight excluding hydrogens is 245 g/mol. The van der Waals surface area contributed by atoms with Gasteiger partial charge in [-0.3, -0.25) is 5.84 Å². The van der Waals surface area contributed by atoms with Gasteiger partial charge in [0, 0.05) is 6.07 Å². The summed E-state index contributed by atoms with van der Waals surface area (Å²) in [6.07, 6.45) is 1.53. The molecule has 0 atom stereocenters. The van der Waals surface area contributed by atoms with Gasteiger partial charge in [-0.15, -0.1) is 0 Å². The highest BCUT2D eigenvalue weighted by atomic mass is 19.1. The van der Waals surface area contributed by atoms with Crippen LogP contribution in [0.1, 0.15) is 19.4 Å². The van der Waals surface area contributed by atoms with E-state index >= 15 is 0 Å². The van der Waals surface area contributed by atoms with Crippen LogP contribution in [0.25, 0.3) is 0 Å². The molecule has 0 aliphatic carbocycles. The second kappa shape index (κ2) is 7.33. The van der Waals surface area contributed by atoms with Gasteiger partial charge in [0.2, 0.25) is 5.88 Å². The zero-order valence-electron chi connectivity index (χ0n) is 11.3. The number of ether oxygens (including phenoxy) is 1. The Morgan fingerprint density at radius 3 is 2.53 bits per heavy atom. The van der Waals surface area contributed by atoms with Crippen molar-refractivity contribution < 1.29 is 9.13 Å². The Kier molecular flexibility index (Phi) is 5.75. The number of nitrogens with two attached hydrogens (primary N) is 1. The molecule has 1 aromatic carbocycles. The molecule has 2 rings (SSSR count). The molecule has 0 aliphatic rings. The highest BCUT2D eigenvalue weighted by Gasteiger charge is 2.06. The van der Waals surface area contributed by atoms with Crippen LogP contribution in [0.4, 0.5) is 10.1 Å². The summed E-state index contributed by atoms with van der Waals surface area (Å²) in [6.45, 7) is 5.85. The summed E-state index contributed by atoms with van der Waals surface area (Å²) < 4.78 is 18.7. The van der Waals surface area contributed by atoms with Gasteiger partial charge < -0.3 is 10.2 Å². The number of pyridine rings is 1. The molecule has 102 valence electrons. The number of rotatable bonds is 3. The van der Waals surface area contributed by atoms with Gasteiger partial charge in [0.1, 0.15) is 0 Å². The molecule has 5 heteroatoms. The van der Waals surface area contributed by atoms with E-state index in [0.29, 0.717) is 11.6 Å². The molecule has 4 nitrogen and oxygen atoms in total. The van der Waals surface area contributed by atoms with Crippen molar-refractivity contribution in [1.82, 2.24) is 4.98 Å². The number of para-hydroxylation sites is 1. The fourth-order valence-electron chi connectivity index (χ4n) is 1.38. The van der Waals surface area contributed by atoms with Crippen LogP contribution in [-0.2, 0) is 0 Å². The minimum absolute atomic E-state index is 0.146. The van der Waals surface area contributed by atoms with Gasteiger partial charge in [0.15, 0.2) is 11.6 Å². The Hall–Kier alpha value is -2.14. The SMILES string of the molecule is CC.Cc1cc(Oc2ccccc2F)ncc1NN. The topological polar surface area (TPSA) is 60.2 Å². The minimum Gasteiger partial charge on any atom is -0.436 e. The zero-order chi connectivity index (χ0) is 14.3. The summed E-state index contributed by atoms with van der Waals surface area (Å²) in [6, 6.07) is 7.85. The van der Waals surface area contributed by atoms with E-state index in [4.69, 9.17) is 10.6 Å². The molecule has 3 N–H and O–H groups in total. The van der Waals surface area contributed by atoms with E-state index in [0.717, 1.165) is 5.56 Å². The molecule has 0 spiro atoms. The fourth-order valence-corrected chi connectivity index (χ4v) is 1.38. The van der Waals surface area contributed by atoms with Gasteiger partial charge in [-0.1, -0.05) is 26.0 Å². The molecule has 2 aromatic rings.